The summed E-state index contributed by atoms with van der Waals surface area (Å²) < 4.78 is 10.8. The molecule has 5 heteroatoms. The maximum atomic E-state index is 8.66. The van der Waals surface area contributed by atoms with Gasteiger partial charge in [0.05, 0.1) is 11.3 Å². The van der Waals surface area contributed by atoms with E-state index in [1.165, 1.54) is 11.5 Å². The maximum Gasteiger partial charge on any atom is 0.144 e. The SMILES string of the molecule is Nc1nsc2cc(OCCCCCCO)ccc12. The number of fused-ring (bicyclic) bond motifs is 1. The highest BCUT2D eigenvalue weighted by Crippen LogP contribution is 2.28. The highest BCUT2D eigenvalue weighted by atomic mass is 32.1. The van der Waals surface area contributed by atoms with E-state index in [0.717, 1.165) is 41.5 Å². The molecule has 0 amide bonds. The second kappa shape index (κ2) is 6.56. The average Bonchev–Trinajstić information content (AvgIpc) is 2.75. The zero-order valence-corrected chi connectivity index (χ0v) is 11.1. The van der Waals surface area contributed by atoms with Crippen LogP contribution in [0.5, 0.6) is 5.75 Å². The van der Waals surface area contributed by atoms with E-state index in [2.05, 4.69) is 4.37 Å². The maximum absolute atomic E-state index is 8.66. The van der Waals surface area contributed by atoms with E-state index in [1.54, 1.807) is 0 Å². The Kier molecular flexibility index (Phi) is 4.78. The van der Waals surface area contributed by atoms with E-state index in [0.29, 0.717) is 12.4 Å². The Labute approximate surface area is 111 Å². The summed E-state index contributed by atoms with van der Waals surface area (Å²) in [6.07, 6.45) is 4.05. The summed E-state index contributed by atoms with van der Waals surface area (Å²) in [6, 6.07) is 5.87. The third kappa shape index (κ3) is 3.34. The van der Waals surface area contributed by atoms with E-state index in [-0.39, 0.29) is 6.61 Å². The van der Waals surface area contributed by atoms with Gasteiger partial charge in [0.15, 0.2) is 0 Å². The molecule has 3 N–H and O–H groups in total. The summed E-state index contributed by atoms with van der Waals surface area (Å²) in [6.45, 7) is 0.996. The lowest BCUT2D eigenvalue weighted by Gasteiger charge is -2.05. The molecule has 1 aromatic carbocycles. The smallest absolute Gasteiger partial charge is 0.144 e. The quantitative estimate of drug-likeness (QED) is 0.756. The van der Waals surface area contributed by atoms with E-state index in [1.807, 2.05) is 18.2 Å². The van der Waals surface area contributed by atoms with Crippen molar-refractivity contribution in [1.82, 2.24) is 4.37 Å². The predicted molar refractivity (Wildman–Crippen MR) is 75.1 cm³/mol. The summed E-state index contributed by atoms with van der Waals surface area (Å²) >= 11 is 1.40. The molecule has 0 bridgehead atoms. The number of unbranched alkanes of at least 4 members (excludes halogenated alkanes) is 3. The average molecular weight is 266 g/mol. The molecule has 98 valence electrons. The molecule has 0 spiro atoms. The predicted octanol–water partition coefficient (Wildman–Crippen LogP) is 2.81. The second-order valence-corrected chi connectivity index (χ2v) is 5.02. The molecule has 18 heavy (non-hydrogen) atoms. The normalized spacial score (nSPS) is 10.9. The van der Waals surface area contributed by atoms with Crippen molar-refractivity contribution in [2.24, 2.45) is 0 Å². The summed E-state index contributed by atoms with van der Waals surface area (Å²) in [7, 11) is 0. The summed E-state index contributed by atoms with van der Waals surface area (Å²) in [4.78, 5) is 0. The fraction of sp³-hybridized carbons (Fsp3) is 0.462. The van der Waals surface area contributed by atoms with Gasteiger partial charge >= 0.3 is 0 Å². The molecule has 0 aliphatic carbocycles. The molecule has 0 atom stereocenters. The van der Waals surface area contributed by atoms with Gasteiger partial charge in [-0.1, -0.05) is 6.42 Å². The largest absolute Gasteiger partial charge is 0.494 e. The van der Waals surface area contributed by atoms with Crippen molar-refractivity contribution < 1.29 is 9.84 Å². The number of anilines is 1. The minimum Gasteiger partial charge on any atom is -0.494 e. The van der Waals surface area contributed by atoms with Gasteiger partial charge in [0.25, 0.3) is 0 Å². The first kappa shape index (κ1) is 13.1. The number of rotatable bonds is 7. The lowest BCUT2D eigenvalue weighted by atomic mass is 10.2. The minimum atomic E-state index is 0.282. The van der Waals surface area contributed by atoms with Gasteiger partial charge in [-0.15, -0.1) is 0 Å². The van der Waals surface area contributed by atoms with Crippen LogP contribution in [0.3, 0.4) is 0 Å². The molecule has 0 radical (unpaired) electrons. The molecule has 1 heterocycles. The standard InChI is InChI=1S/C13H18N2O2S/c14-13-11-6-5-10(9-12(11)18-15-13)17-8-4-2-1-3-7-16/h5-6,9,16H,1-4,7-8H2,(H2,14,15). The van der Waals surface area contributed by atoms with Gasteiger partial charge in [0, 0.05) is 12.0 Å². The molecule has 0 aliphatic rings. The molecule has 0 fully saturated rings. The van der Waals surface area contributed by atoms with Gasteiger partial charge in [-0.2, -0.15) is 4.37 Å². The fourth-order valence-corrected chi connectivity index (χ4v) is 2.52. The third-order valence-electron chi connectivity index (χ3n) is 2.79. The number of nitrogen functional groups attached to an aromatic ring is 1. The Hall–Kier alpha value is -1.33. The van der Waals surface area contributed by atoms with Gasteiger partial charge in [0.2, 0.25) is 0 Å². The van der Waals surface area contributed by atoms with E-state index >= 15 is 0 Å². The lowest BCUT2D eigenvalue weighted by molar-refractivity contribution is 0.273. The Balaban J connectivity index is 1.81. The van der Waals surface area contributed by atoms with Crippen LogP contribution in [0.1, 0.15) is 25.7 Å². The highest BCUT2D eigenvalue weighted by Gasteiger charge is 2.03. The molecular formula is C13H18N2O2S. The van der Waals surface area contributed by atoms with Crippen LogP contribution >= 0.6 is 11.5 Å². The number of benzene rings is 1. The first-order valence-electron chi connectivity index (χ1n) is 6.20. The van der Waals surface area contributed by atoms with E-state index in [4.69, 9.17) is 15.6 Å². The third-order valence-corrected chi connectivity index (χ3v) is 3.61. The van der Waals surface area contributed by atoms with Crippen LogP contribution in [0, 0.1) is 0 Å². The van der Waals surface area contributed by atoms with Gasteiger partial charge in [-0.25, -0.2) is 0 Å². The van der Waals surface area contributed by atoms with Crippen molar-refractivity contribution in [1.29, 1.82) is 0 Å². The van der Waals surface area contributed by atoms with Crippen molar-refractivity contribution in [2.75, 3.05) is 18.9 Å². The molecular weight excluding hydrogens is 248 g/mol. The van der Waals surface area contributed by atoms with Crippen LogP contribution in [-0.4, -0.2) is 22.7 Å². The van der Waals surface area contributed by atoms with Crippen LogP contribution < -0.4 is 10.5 Å². The van der Waals surface area contributed by atoms with Crippen molar-refractivity contribution in [3.8, 4) is 5.75 Å². The van der Waals surface area contributed by atoms with Gasteiger partial charge in [0.1, 0.15) is 11.6 Å². The number of ether oxygens (including phenoxy) is 1. The Morgan fingerprint density at radius 3 is 2.89 bits per heavy atom. The summed E-state index contributed by atoms with van der Waals surface area (Å²) in [5.41, 5.74) is 5.73. The number of hydrogen-bond acceptors (Lipinski definition) is 5. The number of hydrogen-bond donors (Lipinski definition) is 2. The van der Waals surface area contributed by atoms with Crippen molar-refractivity contribution in [3.63, 3.8) is 0 Å². The Morgan fingerprint density at radius 2 is 2.06 bits per heavy atom. The van der Waals surface area contributed by atoms with Gasteiger partial charge < -0.3 is 15.6 Å². The lowest BCUT2D eigenvalue weighted by Crippen LogP contribution is -1.97. The summed E-state index contributed by atoms with van der Waals surface area (Å²) in [5, 5.41) is 9.65. The molecule has 0 saturated heterocycles. The Bertz CT molecular complexity index is 499. The van der Waals surface area contributed by atoms with E-state index in [9.17, 15) is 0 Å². The number of nitrogens with two attached hydrogens (primary N) is 1. The first-order valence-corrected chi connectivity index (χ1v) is 6.97. The van der Waals surface area contributed by atoms with Gasteiger partial charge in [-0.3, -0.25) is 0 Å². The van der Waals surface area contributed by atoms with Crippen molar-refractivity contribution >= 4 is 27.4 Å². The van der Waals surface area contributed by atoms with Crippen molar-refractivity contribution in [2.45, 2.75) is 25.7 Å². The van der Waals surface area contributed by atoms with Crippen molar-refractivity contribution in [3.05, 3.63) is 18.2 Å². The molecule has 2 aromatic rings. The molecule has 1 aromatic heterocycles. The van der Waals surface area contributed by atoms with Crippen LogP contribution in [0.15, 0.2) is 18.2 Å². The van der Waals surface area contributed by atoms with Gasteiger partial charge in [-0.05, 0) is 49.0 Å². The fourth-order valence-electron chi connectivity index (χ4n) is 1.78. The number of aliphatic hydroxyl groups excluding tert-OH is 1. The second-order valence-electron chi connectivity index (χ2n) is 4.21. The molecule has 0 unspecified atom stereocenters. The van der Waals surface area contributed by atoms with Crippen LogP contribution in [0.25, 0.3) is 10.1 Å². The minimum absolute atomic E-state index is 0.282. The topological polar surface area (TPSA) is 68.4 Å². The molecule has 0 aliphatic heterocycles. The van der Waals surface area contributed by atoms with Crippen LogP contribution in [0.2, 0.25) is 0 Å². The number of aromatic nitrogens is 1. The molecule has 4 nitrogen and oxygen atoms in total. The Morgan fingerprint density at radius 1 is 1.22 bits per heavy atom. The first-order chi connectivity index (χ1) is 8.81. The van der Waals surface area contributed by atoms with Crippen LogP contribution in [-0.2, 0) is 0 Å². The van der Waals surface area contributed by atoms with E-state index < -0.39 is 0 Å². The number of aliphatic hydroxyl groups is 1. The highest BCUT2D eigenvalue weighted by molar-refractivity contribution is 7.13. The molecule has 2 rings (SSSR count). The monoisotopic (exact) mass is 266 g/mol. The zero-order chi connectivity index (χ0) is 12.8. The van der Waals surface area contributed by atoms with Crippen LogP contribution in [0.4, 0.5) is 5.82 Å². The molecule has 0 saturated carbocycles. The summed E-state index contributed by atoms with van der Waals surface area (Å²) in [5.74, 6) is 1.46. The zero-order valence-electron chi connectivity index (χ0n) is 10.3. The number of nitrogens with zero attached hydrogens (tertiary/aromatic N) is 1.